The molecule has 1 N–H and O–H groups in total. The fraction of sp³-hybridized carbons (Fsp3) is 0.0909. The highest BCUT2D eigenvalue weighted by molar-refractivity contribution is 7.98. The van der Waals surface area contributed by atoms with Crippen LogP contribution in [0.1, 0.15) is 22.8 Å². The number of nitrogens with one attached hydrogen (secondary N) is 1. The maximum absolute atomic E-state index is 13.2. The molecule has 4 rings (SSSR count). The van der Waals surface area contributed by atoms with Crippen LogP contribution in [0.5, 0.6) is 0 Å². The molecule has 0 atom stereocenters. The molecular formula is C22H18ClN5O2S. The van der Waals surface area contributed by atoms with Crippen LogP contribution in [0.15, 0.2) is 83.0 Å². The Labute approximate surface area is 187 Å². The van der Waals surface area contributed by atoms with Gasteiger partial charge in [-0.15, -0.1) is 10.2 Å². The second-order valence-corrected chi connectivity index (χ2v) is 8.07. The molecule has 0 amide bonds. The summed E-state index contributed by atoms with van der Waals surface area (Å²) in [5.41, 5.74) is 1.81. The Bertz CT molecular complexity index is 1270. The Morgan fingerprint density at radius 1 is 1.06 bits per heavy atom. The first-order chi connectivity index (χ1) is 15.0. The van der Waals surface area contributed by atoms with Crippen molar-refractivity contribution in [1.29, 1.82) is 0 Å². The van der Waals surface area contributed by atoms with Gasteiger partial charge in [0.2, 0.25) is 11.0 Å². The van der Waals surface area contributed by atoms with Gasteiger partial charge in [-0.2, -0.15) is 4.68 Å². The first-order valence-corrected chi connectivity index (χ1v) is 10.8. The van der Waals surface area contributed by atoms with Crippen molar-refractivity contribution >= 4 is 40.7 Å². The minimum absolute atomic E-state index is 0.0604. The van der Waals surface area contributed by atoms with Crippen molar-refractivity contribution in [3.05, 3.63) is 99.6 Å². The van der Waals surface area contributed by atoms with Gasteiger partial charge in [0.15, 0.2) is 5.78 Å². The van der Waals surface area contributed by atoms with E-state index in [1.165, 1.54) is 23.4 Å². The maximum atomic E-state index is 13.2. The number of rotatable bonds is 7. The van der Waals surface area contributed by atoms with Gasteiger partial charge in [-0.1, -0.05) is 47.6 Å². The van der Waals surface area contributed by atoms with Gasteiger partial charge < -0.3 is 5.32 Å². The van der Waals surface area contributed by atoms with Gasteiger partial charge >= 0.3 is 5.56 Å². The number of halogens is 1. The van der Waals surface area contributed by atoms with E-state index in [1.807, 2.05) is 36.4 Å². The Morgan fingerprint density at radius 3 is 2.52 bits per heavy atom. The van der Waals surface area contributed by atoms with Gasteiger partial charge in [0.25, 0.3) is 0 Å². The first-order valence-electron chi connectivity index (χ1n) is 9.40. The summed E-state index contributed by atoms with van der Waals surface area (Å²) >= 11 is 7.34. The normalized spacial score (nSPS) is 10.8. The molecule has 156 valence electrons. The SMILES string of the molecule is CC(=O)c1cccc(Nc2nnc(SCc3ccc(Cl)cc3)n(-n3cccc3)c2=O)c1. The quantitative estimate of drug-likeness (QED) is 0.325. The van der Waals surface area contributed by atoms with E-state index >= 15 is 0 Å². The lowest BCUT2D eigenvalue weighted by molar-refractivity contribution is 0.101. The van der Waals surface area contributed by atoms with Crippen molar-refractivity contribution in [2.75, 3.05) is 5.32 Å². The second kappa shape index (κ2) is 9.20. The number of benzene rings is 2. The molecule has 0 bridgehead atoms. The molecule has 0 aliphatic rings. The number of anilines is 2. The standard InChI is InChI=1S/C22H18ClN5O2S/c1-15(29)17-5-4-6-19(13-17)24-20-21(30)28(27-11-2-3-12-27)22(26-25-20)31-14-16-7-9-18(23)10-8-16/h2-13H,14H2,1H3,(H,24,25). The van der Waals surface area contributed by atoms with E-state index in [-0.39, 0.29) is 17.2 Å². The van der Waals surface area contributed by atoms with E-state index in [1.54, 1.807) is 41.3 Å². The summed E-state index contributed by atoms with van der Waals surface area (Å²) in [4.78, 5) is 24.9. The molecule has 0 aliphatic heterocycles. The second-order valence-electron chi connectivity index (χ2n) is 6.69. The number of hydrogen-bond donors (Lipinski definition) is 1. The molecule has 0 spiro atoms. The van der Waals surface area contributed by atoms with E-state index in [0.717, 1.165) is 5.56 Å². The van der Waals surface area contributed by atoms with Gasteiger partial charge in [-0.25, -0.2) is 0 Å². The predicted molar refractivity (Wildman–Crippen MR) is 122 cm³/mol. The van der Waals surface area contributed by atoms with Crippen LogP contribution >= 0.6 is 23.4 Å². The Morgan fingerprint density at radius 2 is 1.81 bits per heavy atom. The van der Waals surface area contributed by atoms with E-state index in [9.17, 15) is 9.59 Å². The van der Waals surface area contributed by atoms with Crippen LogP contribution in [-0.4, -0.2) is 25.3 Å². The molecule has 0 fully saturated rings. The van der Waals surface area contributed by atoms with Gasteiger partial charge in [0, 0.05) is 34.4 Å². The minimum atomic E-state index is -0.363. The van der Waals surface area contributed by atoms with Crippen LogP contribution in [0.3, 0.4) is 0 Å². The topological polar surface area (TPSA) is 81.8 Å². The fourth-order valence-electron chi connectivity index (χ4n) is 2.88. The summed E-state index contributed by atoms with van der Waals surface area (Å²) in [6, 6.07) is 18.0. The third-order valence-corrected chi connectivity index (χ3v) is 5.69. The number of carbonyl (C=O) groups excluding carboxylic acids is 1. The number of carbonyl (C=O) groups is 1. The van der Waals surface area contributed by atoms with Crippen molar-refractivity contribution in [3.63, 3.8) is 0 Å². The Kier molecular flexibility index (Phi) is 6.20. The number of thioether (sulfide) groups is 1. The van der Waals surface area contributed by atoms with E-state index in [4.69, 9.17) is 11.6 Å². The molecule has 7 nitrogen and oxygen atoms in total. The van der Waals surface area contributed by atoms with Crippen LogP contribution in [0.4, 0.5) is 11.5 Å². The maximum Gasteiger partial charge on any atom is 0.316 e. The summed E-state index contributed by atoms with van der Waals surface area (Å²) in [7, 11) is 0. The van der Waals surface area contributed by atoms with E-state index < -0.39 is 0 Å². The van der Waals surface area contributed by atoms with Crippen molar-refractivity contribution in [2.24, 2.45) is 0 Å². The third kappa shape index (κ3) is 4.87. The van der Waals surface area contributed by atoms with Gasteiger partial charge in [0.1, 0.15) is 0 Å². The Hall–Kier alpha value is -3.36. The summed E-state index contributed by atoms with van der Waals surface area (Å²) < 4.78 is 3.10. The minimum Gasteiger partial charge on any atom is -0.334 e. The van der Waals surface area contributed by atoms with Crippen LogP contribution < -0.4 is 10.9 Å². The molecule has 2 heterocycles. The molecule has 9 heteroatoms. The van der Waals surface area contributed by atoms with Crippen molar-refractivity contribution < 1.29 is 4.79 Å². The Balaban J connectivity index is 1.67. The zero-order valence-electron chi connectivity index (χ0n) is 16.5. The highest BCUT2D eigenvalue weighted by Crippen LogP contribution is 2.22. The number of aromatic nitrogens is 4. The summed E-state index contributed by atoms with van der Waals surface area (Å²) in [5, 5.41) is 12.5. The molecule has 0 radical (unpaired) electrons. The van der Waals surface area contributed by atoms with Crippen LogP contribution in [-0.2, 0) is 5.75 Å². The number of ketones is 1. The molecule has 2 aromatic heterocycles. The van der Waals surface area contributed by atoms with Gasteiger partial charge in [0.05, 0.1) is 0 Å². The third-order valence-electron chi connectivity index (χ3n) is 4.44. The highest BCUT2D eigenvalue weighted by Gasteiger charge is 2.15. The zero-order valence-corrected chi connectivity index (χ0v) is 18.1. The average Bonchev–Trinajstić information content (AvgIpc) is 3.29. The first kappa shape index (κ1) is 20.9. The lowest BCUT2D eigenvalue weighted by atomic mass is 10.1. The zero-order chi connectivity index (χ0) is 21.8. The number of Topliss-reactive ketones (excluding diaryl/α,β-unsaturated/α-hetero) is 1. The number of nitrogens with zero attached hydrogens (tertiary/aromatic N) is 4. The lowest BCUT2D eigenvalue weighted by Crippen LogP contribution is -2.30. The molecule has 31 heavy (non-hydrogen) atoms. The van der Waals surface area contributed by atoms with Crippen LogP contribution in [0, 0.1) is 0 Å². The summed E-state index contributed by atoms with van der Waals surface area (Å²) in [6.07, 6.45) is 3.52. The number of hydrogen-bond acceptors (Lipinski definition) is 6. The predicted octanol–water partition coefficient (Wildman–Crippen LogP) is 4.64. The molecule has 0 saturated heterocycles. The molecular weight excluding hydrogens is 434 g/mol. The van der Waals surface area contributed by atoms with Gasteiger partial charge in [-0.05, 0) is 48.9 Å². The van der Waals surface area contributed by atoms with Crippen LogP contribution in [0.2, 0.25) is 5.02 Å². The highest BCUT2D eigenvalue weighted by atomic mass is 35.5. The monoisotopic (exact) mass is 451 g/mol. The summed E-state index contributed by atoms with van der Waals surface area (Å²) in [5.74, 6) is 0.596. The van der Waals surface area contributed by atoms with Crippen molar-refractivity contribution in [3.8, 4) is 0 Å². The average molecular weight is 452 g/mol. The molecule has 0 unspecified atom stereocenters. The van der Waals surface area contributed by atoms with Crippen molar-refractivity contribution in [2.45, 2.75) is 17.8 Å². The largest absolute Gasteiger partial charge is 0.334 e. The van der Waals surface area contributed by atoms with E-state index in [2.05, 4.69) is 15.5 Å². The molecule has 0 saturated carbocycles. The fourth-order valence-corrected chi connectivity index (χ4v) is 3.89. The smallest absolute Gasteiger partial charge is 0.316 e. The lowest BCUT2D eigenvalue weighted by Gasteiger charge is -2.14. The molecule has 4 aromatic rings. The molecule has 0 aliphatic carbocycles. The van der Waals surface area contributed by atoms with Crippen molar-refractivity contribution in [1.82, 2.24) is 19.5 Å². The summed E-state index contributed by atoms with van der Waals surface area (Å²) in [6.45, 7) is 1.49. The van der Waals surface area contributed by atoms with E-state index in [0.29, 0.717) is 27.2 Å². The van der Waals surface area contributed by atoms with Crippen LogP contribution in [0.25, 0.3) is 0 Å². The molecule has 2 aromatic carbocycles. The van der Waals surface area contributed by atoms with Gasteiger partial charge in [-0.3, -0.25) is 14.3 Å².